The maximum Gasteiger partial charge on any atom is 0.0465 e. The Balaban J connectivity index is 2.96. The molecule has 0 saturated carbocycles. The number of halogens is 1. The largest absolute Gasteiger partial charge is 0.396 e. The zero-order chi connectivity index (χ0) is 14.7. The molecule has 2 heteroatoms. The molecule has 120 valence electrons. The van der Waals surface area contributed by atoms with E-state index in [0.717, 1.165) is 12.3 Å². The van der Waals surface area contributed by atoms with Gasteiger partial charge in [0.05, 0.1) is 0 Å². The van der Waals surface area contributed by atoms with Gasteiger partial charge in [-0.25, -0.2) is 0 Å². The highest BCUT2D eigenvalue weighted by molar-refractivity contribution is 6.17. The van der Waals surface area contributed by atoms with Crippen molar-refractivity contribution in [3.63, 3.8) is 0 Å². The van der Waals surface area contributed by atoms with Crippen molar-refractivity contribution in [2.24, 2.45) is 0 Å². The van der Waals surface area contributed by atoms with Crippen LogP contribution in [0.1, 0.15) is 89.9 Å². The first kappa shape index (κ1) is 20.0. The third-order valence-electron chi connectivity index (χ3n) is 3.72. The fourth-order valence-corrected chi connectivity index (χ4v) is 2.62. The maximum atomic E-state index is 8.62. The van der Waals surface area contributed by atoms with Crippen molar-refractivity contribution < 1.29 is 5.11 Å². The predicted octanol–water partition coefficient (Wildman–Crippen LogP) is 6.24. The molecule has 0 aromatic carbocycles. The molecule has 0 aliphatic carbocycles. The smallest absolute Gasteiger partial charge is 0.0465 e. The van der Waals surface area contributed by atoms with E-state index in [4.69, 9.17) is 16.7 Å². The highest BCUT2D eigenvalue weighted by atomic mass is 35.5. The zero-order valence-electron chi connectivity index (χ0n) is 13.3. The van der Waals surface area contributed by atoms with E-state index in [0.29, 0.717) is 0 Å². The summed E-state index contributed by atoms with van der Waals surface area (Å²) in [6.07, 6.45) is 22.7. The average molecular weight is 303 g/mol. The second-order valence-corrected chi connectivity index (χ2v) is 6.08. The quantitative estimate of drug-likeness (QED) is 0.203. The predicted molar refractivity (Wildman–Crippen MR) is 91.6 cm³/mol. The van der Waals surface area contributed by atoms with E-state index < -0.39 is 0 Å². The van der Waals surface area contributed by atoms with E-state index in [9.17, 15) is 0 Å². The van der Waals surface area contributed by atoms with E-state index in [1.54, 1.807) is 0 Å². The monoisotopic (exact) mass is 302 g/mol. The number of allylic oxidation sites excluding steroid dienone is 1. The van der Waals surface area contributed by atoms with Crippen LogP contribution in [0.4, 0.5) is 0 Å². The molecular formula is C18H35ClO. The lowest BCUT2D eigenvalue weighted by Crippen LogP contribution is -1.83. The molecule has 1 nitrogen and oxygen atoms in total. The molecule has 0 amide bonds. The molecule has 0 atom stereocenters. The van der Waals surface area contributed by atoms with Crippen molar-refractivity contribution >= 4 is 11.6 Å². The Labute approximate surface area is 131 Å². The van der Waals surface area contributed by atoms with Crippen molar-refractivity contribution in [2.75, 3.05) is 12.5 Å². The lowest BCUT2D eigenvalue weighted by Gasteiger charge is -2.02. The number of unbranched alkanes of at least 4 members (excludes halogenated alkanes) is 12. The number of aliphatic hydroxyl groups is 1. The summed E-state index contributed by atoms with van der Waals surface area (Å²) in [6, 6.07) is 0. The van der Waals surface area contributed by atoms with Gasteiger partial charge in [0, 0.05) is 12.5 Å². The highest BCUT2D eigenvalue weighted by Crippen LogP contribution is 2.12. The van der Waals surface area contributed by atoms with Crippen LogP contribution >= 0.6 is 11.6 Å². The highest BCUT2D eigenvalue weighted by Gasteiger charge is 1.93. The Morgan fingerprint density at radius 2 is 0.950 bits per heavy atom. The van der Waals surface area contributed by atoms with E-state index in [1.807, 2.05) is 0 Å². The minimum atomic E-state index is 0.281. The van der Waals surface area contributed by atoms with E-state index >= 15 is 0 Å². The Morgan fingerprint density at radius 3 is 1.40 bits per heavy atom. The van der Waals surface area contributed by atoms with E-state index in [2.05, 4.69) is 12.2 Å². The van der Waals surface area contributed by atoms with Crippen LogP contribution in [0.25, 0.3) is 0 Å². The van der Waals surface area contributed by atoms with Crippen molar-refractivity contribution in [3.8, 4) is 0 Å². The molecule has 0 rings (SSSR count). The summed E-state index contributed by atoms with van der Waals surface area (Å²) in [5, 5.41) is 8.62. The second-order valence-electron chi connectivity index (χ2n) is 5.70. The van der Waals surface area contributed by atoms with Gasteiger partial charge in [0.25, 0.3) is 0 Å². The van der Waals surface area contributed by atoms with Gasteiger partial charge in [-0.2, -0.15) is 0 Å². The summed E-state index contributed by atoms with van der Waals surface area (Å²) < 4.78 is 0. The molecular weight excluding hydrogens is 268 g/mol. The Kier molecular flexibility index (Phi) is 19.0. The average Bonchev–Trinajstić information content (AvgIpc) is 2.47. The van der Waals surface area contributed by atoms with Crippen LogP contribution in [0.5, 0.6) is 0 Å². The Hall–Kier alpha value is -0.0100. The summed E-state index contributed by atoms with van der Waals surface area (Å²) in [7, 11) is 0. The molecule has 0 saturated heterocycles. The summed E-state index contributed by atoms with van der Waals surface area (Å²) in [5.41, 5.74) is 0. The van der Waals surface area contributed by atoms with Gasteiger partial charge in [-0.05, 0) is 25.7 Å². The normalized spacial score (nSPS) is 11.5. The van der Waals surface area contributed by atoms with E-state index in [1.165, 1.54) is 83.5 Å². The van der Waals surface area contributed by atoms with Gasteiger partial charge in [0.2, 0.25) is 0 Å². The summed E-state index contributed by atoms with van der Waals surface area (Å²) in [6.45, 7) is 0.281. The van der Waals surface area contributed by atoms with Crippen LogP contribution < -0.4 is 0 Å². The van der Waals surface area contributed by atoms with Crippen molar-refractivity contribution in [1.29, 1.82) is 0 Å². The fourth-order valence-electron chi connectivity index (χ4n) is 2.43. The number of hydrogen-bond acceptors (Lipinski definition) is 1. The van der Waals surface area contributed by atoms with Crippen molar-refractivity contribution in [3.05, 3.63) is 12.2 Å². The minimum absolute atomic E-state index is 0.281. The second kappa shape index (κ2) is 19.0. The van der Waals surface area contributed by atoms with Crippen LogP contribution in [0, 0.1) is 0 Å². The van der Waals surface area contributed by atoms with Crippen molar-refractivity contribution in [2.45, 2.75) is 89.9 Å². The SMILES string of the molecule is OCC/C=C\CCCCCCCCCCCCCCCl. The molecule has 1 N–H and O–H groups in total. The summed E-state index contributed by atoms with van der Waals surface area (Å²) in [5.74, 6) is 0.831. The minimum Gasteiger partial charge on any atom is -0.396 e. The molecule has 0 aliphatic rings. The third-order valence-corrected chi connectivity index (χ3v) is 3.98. The van der Waals surface area contributed by atoms with Gasteiger partial charge in [-0.3, -0.25) is 0 Å². The molecule has 0 heterocycles. The topological polar surface area (TPSA) is 20.2 Å². The van der Waals surface area contributed by atoms with Gasteiger partial charge >= 0.3 is 0 Å². The molecule has 0 spiro atoms. The van der Waals surface area contributed by atoms with Gasteiger partial charge < -0.3 is 5.11 Å². The first-order chi connectivity index (χ1) is 9.91. The Bertz CT molecular complexity index is 192. The van der Waals surface area contributed by atoms with Crippen LogP contribution in [-0.2, 0) is 0 Å². The number of aliphatic hydroxyl groups excluding tert-OH is 1. The first-order valence-corrected chi connectivity index (χ1v) is 9.27. The fraction of sp³-hybridized carbons (Fsp3) is 0.889. The van der Waals surface area contributed by atoms with Gasteiger partial charge in [-0.1, -0.05) is 76.4 Å². The molecule has 0 unspecified atom stereocenters. The third kappa shape index (κ3) is 18.0. The molecule has 0 bridgehead atoms. The van der Waals surface area contributed by atoms with Gasteiger partial charge in [0.1, 0.15) is 0 Å². The number of rotatable bonds is 16. The summed E-state index contributed by atoms with van der Waals surface area (Å²) >= 11 is 5.65. The molecule has 0 radical (unpaired) electrons. The zero-order valence-corrected chi connectivity index (χ0v) is 14.0. The van der Waals surface area contributed by atoms with Gasteiger partial charge in [-0.15, -0.1) is 11.6 Å². The van der Waals surface area contributed by atoms with Gasteiger partial charge in [0.15, 0.2) is 0 Å². The van der Waals surface area contributed by atoms with Crippen LogP contribution in [0.15, 0.2) is 12.2 Å². The van der Waals surface area contributed by atoms with Crippen molar-refractivity contribution in [1.82, 2.24) is 0 Å². The van der Waals surface area contributed by atoms with Crippen LogP contribution in [-0.4, -0.2) is 17.6 Å². The van der Waals surface area contributed by atoms with Crippen LogP contribution in [0.3, 0.4) is 0 Å². The molecule has 0 aliphatic heterocycles. The molecule has 0 fully saturated rings. The summed E-state index contributed by atoms with van der Waals surface area (Å²) in [4.78, 5) is 0. The molecule has 0 aromatic heterocycles. The molecule has 20 heavy (non-hydrogen) atoms. The lowest BCUT2D eigenvalue weighted by molar-refractivity contribution is 0.302. The van der Waals surface area contributed by atoms with E-state index in [-0.39, 0.29) is 6.61 Å². The maximum absolute atomic E-state index is 8.62. The Morgan fingerprint density at radius 1 is 0.550 bits per heavy atom. The number of hydrogen-bond donors (Lipinski definition) is 1. The lowest BCUT2D eigenvalue weighted by atomic mass is 10.0. The van der Waals surface area contributed by atoms with Crippen LogP contribution in [0.2, 0.25) is 0 Å². The molecule has 0 aromatic rings. The first-order valence-electron chi connectivity index (χ1n) is 8.73. The standard InChI is InChI=1S/C18H35ClO/c19-17-15-13-11-9-7-5-3-1-2-4-6-8-10-12-14-16-18-20/h12,14,20H,1-11,13,15-18H2/b14-12-. The number of alkyl halides is 1.